The first kappa shape index (κ1) is 12.7. The second-order valence-electron chi connectivity index (χ2n) is 4.40. The standard InChI is InChI=1S/C16H19NO/c1-18-16-9-7-14(8-10-16)15(12-17)11-13-5-3-2-4-6-13/h2-10,15H,11-12,17H2,1H3. The maximum absolute atomic E-state index is 5.89. The van der Waals surface area contributed by atoms with Gasteiger partial charge >= 0.3 is 0 Å². The first-order valence-corrected chi connectivity index (χ1v) is 6.21. The lowest BCUT2D eigenvalue weighted by Crippen LogP contribution is -2.15. The van der Waals surface area contributed by atoms with Crippen molar-refractivity contribution in [1.82, 2.24) is 0 Å². The van der Waals surface area contributed by atoms with E-state index in [1.807, 2.05) is 18.2 Å². The van der Waals surface area contributed by atoms with Gasteiger partial charge in [-0.1, -0.05) is 42.5 Å². The van der Waals surface area contributed by atoms with Gasteiger partial charge in [-0.05, 0) is 36.2 Å². The van der Waals surface area contributed by atoms with Gasteiger partial charge in [-0.15, -0.1) is 0 Å². The molecule has 2 aromatic carbocycles. The minimum Gasteiger partial charge on any atom is -0.497 e. The fourth-order valence-electron chi connectivity index (χ4n) is 2.11. The molecule has 0 aliphatic heterocycles. The van der Waals surface area contributed by atoms with Crippen molar-refractivity contribution in [1.29, 1.82) is 0 Å². The first-order valence-electron chi connectivity index (χ1n) is 6.21. The minimum atomic E-state index is 0.360. The zero-order valence-corrected chi connectivity index (χ0v) is 10.7. The van der Waals surface area contributed by atoms with Crippen LogP contribution < -0.4 is 10.5 Å². The predicted molar refractivity (Wildman–Crippen MR) is 74.9 cm³/mol. The number of hydrogen-bond donors (Lipinski definition) is 1. The van der Waals surface area contributed by atoms with Crippen LogP contribution in [0.3, 0.4) is 0 Å². The summed E-state index contributed by atoms with van der Waals surface area (Å²) in [7, 11) is 1.68. The van der Waals surface area contributed by atoms with E-state index in [-0.39, 0.29) is 0 Å². The van der Waals surface area contributed by atoms with Crippen molar-refractivity contribution in [3.63, 3.8) is 0 Å². The molecule has 2 aromatic rings. The molecule has 1 atom stereocenters. The summed E-state index contributed by atoms with van der Waals surface area (Å²) in [5.41, 5.74) is 8.48. The molecule has 18 heavy (non-hydrogen) atoms. The SMILES string of the molecule is COc1ccc(C(CN)Cc2ccccc2)cc1. The first-order chi connectivity index (χ1) is 8.83. The van der Waals surface area contributed by atoms with Crippen LogP contribution in [0.4, 0.5) is 0 Å². The molecule has 0 aromatic heterocycles. The lowest BCUT2D eigenvalue weighted by molar-refractivity contribution is 0.414. The summed E-state index contributed by atoms with van der Waals surface area (Å²) in [6, 6.07) is 18.6. The topological polar surface area (TPSA) is 35.2 Å². The Bertz CT molecular complexity index is 464. The molecule has 0 saturated carbocycles. The highest BCUT2D eigenvalue weighted by Gasteiger charge is 2.10. The van der Waals surface area contributed by atoms with Crippen LogP contribution in [0.15, 0.2) is 54.6 Å². The molecule has 0 saturated heterocycles. The van der Waals surface area contributed by atoms with E-state index < -0.39 is 0 Å². The second kappa shape index (κ2) is 6.22. The smallest absolute Gasteiger partial charge is 0.118 e. The highest BCUT2D eigenvalue weighted by atomic mass is 16.5. The zero-order valence-electron chi connectivity index (χ0n) is 10.7. The number of rotatable bonds is 5. The van der Waals surface area contributed by atoms with Crippen LogP contribution in [0.2, 0.25) is 0 Å². The number of ether oxygens (including phenoxy) is 1. The van der Waals surface area contributed by atoms with Crippen LogP contribution in [0, 0.1) is 0 Å². The number of benzene rings is 2. The quantitative estimate of drug-likeness (QED) is 0.873. The Morgan fingerprint density at radius 1 is 1.00 bits per heavy atom. The Labute approximate surface area is 108 Å². The van der Waals surface area contributed by atoms with Crippen LogP contribution in [-0.2, 0) is 6.42 Å². The number of methoxy groups -OCH3 is 1. The molecular formula is C16H19NO. The van der Waals surface area contributed by atoms with Crippen LogP contribution in [-0.4, -0.2) is 13.7 Å². The molecule has 0 fully saturated rings. The monoisotopic (exact) mass is 241 g/mol. The van der Waals surface area contributed by atoms with Gasteiger partial charge in [0.15, 0.2) is 0 Å². The van der Waals surface area contributed by atoms with Crippen molar-refractivity contribution in [2.45, 2.75) is 12.3 Å². The Morgan fingerprint density at radius 3 is 2.22 bits per heavy atom. The fraction of sp³-hybridized carbons (Fsp3) is 0.250. The molecule has 2 heteroatoms. The third-order valence-electron chi connectivity index (χ3n) is 3.20. The van der Waals surface area contributed by atoms with Gasteiger partial charge < -0.3 is 10.5 Å². The van der Waals surface area contributed by atoms with Crippen molar-refractivity contribution >= 4 is 0 Å². The van der Waals surface area contributed by atoms with Crippen molar-refractivity contribution in [3.8, 4) is 5.75 Å². The molecule has 0 bridgehead atoms. The maximum Gasteiger partial charge on any atom is 0.118 e. The summed E-state index contributed by atoms with van der Waals surface area (Å²) in [5, 5.41) is 0. The van der Waals surface area contributed by atoms with E-state index in [9.17, 15) is 0 Å². The molecule has 2 N–H and O–H groups in total. The summed E-state index contributed by atoms with van der Waals surface area (Å²) in [6.45, 7) is 0.654. The normalized spacial score (nSPS) is 12.1. The van der Waals surface area contributed by atoms with Crippen LogP contribution in [0.5, 0.6) is 5.75 Å². The van der Waals surface area contributed by atoms with Gasteiger partial charge in [0.1, 0.15) is 5.75 Å². The highest BCUT2D eigenvalue weighted by Crippen LogP contribution is 2.22. The van der Waals surface area contributed by atoms with E-state index in [1.165, 1.54) is 11.1 Å². The predicted octanol–water partition coefficient (Wildman–Crippen LogP) is 2.98. The van der Waals surface area contributed by atoms with Gasteiger partial charge in [-0.25, -0.2) is 0 Å². The zero-order chi connectivity index (χ0) is 12.8. The highest BCUT2D eigenvalue weighted by molar-refractivity contribution is 5.31. The van der Waals surface area contributed by atoms with E-state index in [0.29, 0.717) is 12.5 Å². The molecule has 0 radical (unpaired) electrons. The van der Waals surface area contributed by atoms with Gasteiger partial charge in [-0.2, -0.15) is 0 Å². The third-order valence-corrected chi connectivity index (χ3v) is 3.20. The summed E-state index contributed by atoms with van der Waals surface area (Å²) >= 11 is 0. The summed E-state index contributed by atoms with van der Waals surface area (Å²) in [6.07, 6.45) is 0.976. The van der Waals surface area contributed by atoms with Gasteiger partial charge in [0, 0.05) is 5.92 Å². The maximum atomic E-state index is 5.89. The summed E-state index contributed by atoms with van der Waals surface area (Å²) < 4.78 is 5.17. The van der Waals surface area contributed by atoms with Gasteiger partial charge in [-0.3, -0.25) is 0 Å². The number of nitrogens with two attached hydrogens (primary N) is 1. The van der Waals surface area contributed by atoms with Crippen molar-refractivity contribution in [2.75, 3.05) is 13.7 Å². The Kier molecular flexibility index (Phi) is 4.37. The van der Waals surface area contributed by atoms with Crippen molar-refractivity contribution in [2.24, 2.45) is 5.73 Å². The van der Waals surface area contributed by atoms with Crippen LogP contribution in [0.25, 0.3) is 0 Å². The van der Waals surface area contributed by atoms with E-state index in [4.69, 9.17) is 10.5 Å². The van der Waals surface area contributed by atoms with E-state index in [0.717, 1.165) is 12.2 Å². The van der Waals surface area contributed by atoms with Crippen molar-refractivity contribution < 1.29 is 4.74 Å². The molecule has 0 amide bonds. The van der Waals surface area contributed by atoms with E-state index >= 15 is 0 Å². The molecular weight excluding hydrogens is 222 g/mol. The van der Waals surface area contributed by atoms with Gasteiger partial charge in [0.25, 0.3) is 0 Å². The molecule has 1 unspecified atom stereocenters. The van der Waals surface area contributed by atoms with Crippen LogP contribution in [0.1, 0.15) is 17.0 Å². The second-order valence-corrected chi connectivity index (χ2v) is 4.40. The average molecular weight is 241 g/mol. The molecule has 0 spiro atoms. The Balaban J connectivity index is 2.12. The lowest BCUT2D eigenvalue weighted by atomic mass is 9.92. The fourth-order valence-corrected chi connectivity index (χ4v) is 2.11. The lowest BCUT2D eigenvalue weighted by Gasteiger charge is -2.15. The molecule has 0 heterocycles. The molecule has 0 aliphatic carbocycles. The molecule has 94 valence electrons. The van der Waals surface area contributed by atoms with Crippen molar-refractivity contribution in [3.05, 3.63) is 65.7 Å². The molecule has 2 rings (SSSR count). The van der Waals surface area contributed by atoms with Crippen LogP contribution >= 0.6 is 0 Å². The Morgan fingerprint density at radius 2 is 1.67 bits per heavy atom. The summed E-state index contributed by atoms with van der Waals surface area (Å²) in [4.78, 5) is 0. The van der Waals surface area contributed by atoms with Gasteiger partial charge in [0.2, 0.25) is 0 Å². The van der Waals surface area contributed by atoms with E-state index in [1.54, 1.807) is 7.11 Å². The van der Waals surface area contributed by atoms with E-state index in [2.05, 4.69) is 36.4 Å². The average Bonchev–Trinajstić information content (AvgIpc) is 2.46. The third kappa shape index (κ3) is 3.11. The Hall–Kier alpha value is -1.80. The van der Waals surface area contributed by atoms with Gasteiger partial charge in [0.05, 0.1) is 7.11 Å². The number of hydrogen-bond acceptors (Lipinski definition) is 2. The molecule has 2 nitrogen and oxygen atoms in total. The molecule has 0 aliphatic rings. The largest absolute Gasteiger partial charge is 0.497 e. The summed E-state index contributed by atoms with van der Waals surface area (Å²) in [5.74, 6) is 1.24. The minimum absolute atomic E-state index is 0.360.